The highest BCUT2D eigenvalue weighted by molar-refractivity contribution is 5.54. The third kappa shape index (κ3) is 3.03. The molecule has 0 heterocycles. The first-order valence-corrected chi connectivity index (χ1v) is 7.97. The Hall–Kier alpha value is -2.16. The van der Waals surface area contributed by atoms with Gasteiger partial charge in [-0.3, -0.25) is 0 Å². The van der Waals surface area contributed by atoms with Crippen molar-refractivity contribution in [2.75, 3.05) is 12.4 Å². The predicted molar refractivity (Wildman–Crippen MR) is 89.8 cm³/mol. The van der Waals surface area contributed by atoms with E-state index in [1.54, 1.807) is 6.07 Å². The number of nitrogens with one attached hydrogen (secondary N) is 1. The van der Waals surface area contributed by atoms with Crippen molar-refractivity contribution in [1.82, 2.24) is 0 Å². The maximum absolute atomic E-state index is 9.70. The van der Waals surface area contributed by atoms with Crippen LogP contribution in [0.25, 0.3) is 0 Å². The Morgan fingerprint density at radius 1 is 1.23 bits per heavy atom. The molecule has 0 saturated heterocycles. The maximum atomic E-state index is 9.70. The van der Waals surface area contributed by atoms with Gasteiger partial charge in [-0.15, -0.1) is 0 Å². The number of phenolic OH excluding ortho intramolecular Hbond substituents is 1. The minimum atomic E-state index is 0.319. The molecule has 3 rings (SSSR count). The maximum Gasteiger partial charge on any atom is 0.123 e. The Morgan fingerprint density at radius 2 is 2.05 bits per heavy atom. The molecular formula is C19H23NO2. The Labute approximate surface area is 131 Å². The topological polar surface area (TPSA) is 41.5 Å². The van der Waals surface area contributed by atoms with E-state index >= 15 is 0 Å². The second-order valence-corrected chi connectivity index (χ2v) is 5.83. The Morgan fingerprint density at radius 3 is 2.73 bits per heavy atom. The fraction of sp³-hybridized carbons (Fsp3) is 0.368. The number of aryl methyl sites for hydroxylation is 1. The first-order chi connectivity index (χ1) is 10.7. The lowest BCUT2D eigenvalue weighted by Crippen LogP contribution is -2.05. The number of benzene rings is 2. The van der Waals surface area contributed by atoms with Gasteiger partial charge < -0.3 is 15.2 Å². The molecule has 2 aromatic carbocycles. The van der Waals surface area contributed by atoms with E-state index in [1.165, 1.54) is 24.0 Å². The Bertz CT molecular complexity index is 640. The van der Waals surface area contributed by atoms with Crippen molar-refractivity contribution < 1.29 is 9.84 Å². The van der Waals surface area contributed by atoms with E-state index in [0.717, 1.165) is 23.4 Å². The highest BCUT2D eigenvalue weighted by atomic mass is 16.5. The molecule has 0 spiro atoms. The standard InChI is InChI=1S/C19H23NO2/c1-3-13-5-4-6-18(20-2)17(13)12-22-19-10-9-15(21)11-16(19)14-7-8-14/h4-6,9-11,14,20-21H,3,7-8,12H2,1-2H3. The number of hydrogen-bond acceptors (Lipinski definition) is 3. The van der Waals surface area contributed by atoms with Crippen molar-refractivity contribution in [2.45, 2.75) is 38.7 Å². The summed E-state index contributed by atoms with van der Waals surface area (Å²) < 4.78 is 6.11. The second-order valence-electron chi connectivity index (χ2n) is 5.83. The zero-order chi connectivity index (χ0) is 15.5. The van der Waals surface area contributed by atoms with Crippen molar-refractivity contribution in [3.63, 3.8) is 0 Å². The lowest BCUT2D eigenvalue weighted by molar-refractivity contribution is 0.302. The van der Waals surface area contributed by atoms with E-state index in [2.05, 4.69) is 30.4 Å². The molecule has 1 saturated carbocycles. The summed E-state index contributed by atoms with van der Waals surface area (Å²) >= 11 is 0. The van der Waals surface area contributed by atoms with E-state index in [1.807, 2.05) is 19.2 Å². The summed E-state index contributed by atoms with van der Waals surface area (Å²) in [4.78, 5) is 0. The fourth-order valence-corrected chi connectivity index (χ4v) is 2.90. The van der Waals surface area contributed by atoms with Crippen molar-refractivity contribution in [3.8, 4) is 11.5 Å². The highest BCUT2D eigenvalue weighted by Crippen LogP contribution is 2.45. The van der Waals surface area contributed by atoms with E-state index in [-0.39, 0.29) is 0 Å². The van der Waals surface area contributed by atoms with Crippen LogP contribution in [0.1, 0.15) is 42.4 Å². The third-order valence-corrected chi connectivity index (χ3v) is 4.31. The monoisotopic (exact) mass is 297 g/mol. The van der Waals surface area contributed by atoms with Gasteiger partial charge >= 0.3 is 0 Å². The third-order valence-electron chi connectivity index (χ3n) is 4.31. The molecule has 116 valence electrons. The zero-order valence-corrected chi connectivity index (χ0v) is 13.2. The smallest absolute Gasteiger partial charge is 0.123 e. The first kappa shape index (κ1) is 14.8. The summed E-state index contributed by atoms with van der Waals surface area (Å²) in [6, 6.07) is 11.7. The van der Waals surface area contributed by atoms with Crippen LogP contribution in [-0.2, 0) is 13.0 Å². The summed E-state index contributed by atoms with van der Waals surface area (Å²) in [5.74, 6) is 1.76. The molecule has 3 nitrogen and oxygen atoms in total. The Balaban J connectivity index is 1.84. The van der Waals surface area contributed by atoms with Crippen LogP contribution in [0.3, 0.4) is 0 Å². The van der Waals surface area contributed by atoms with E-state index in [4.69, 9.17) is 4.74 Å². The van der Waals surface area contributed by atoms with Crippen molar-refractivity contribution >= 4 is 5.69 Å². The Kier molecular flexibility index (Phi) is 4.23. The molecule has 0 radical (unpaired) electrons. The van der Waals surface area contributed by atoms with Gasteiger partial charge in [0.15, 0.2) is 0 Å². The number of phenols is 1. The van der Waals surface area contributed by atoms with Gasteiger partial charge in [0.25, 0.3) is 0 Å². The lowest BCUT2D eigenvalue weighted by Gasteiger charge is -2.16. The summed E-state index contributed by atoms with van der Waals surface area (Å²) in [6.45, 7) is 2.71. The summed E-state index contributed by atoms with van der Waals surface area (Å²) in [5.41, 5.74) is 4.77. The summed E-state index contributed by atoms with van der Waals surface area (Å²) in [6.07, 6.45) is 3.36. The molecule has 1 aliphatic carbocycles. The van der Waals surface area contributed by atoms with Gasteiger partial charge in [0, 0.05) is 23.9 Å². The van der Waals surface area contributed by atoms with E-state index in [9.17, 15) is 5.11 Å². The van der Waals surface area contributed by atoms with E-state index in [0.29, 0.717) is 18.3 Å². The van der Waals surface area contributed by atoms with Crippen LogP contribution in [0.4, 0.5) is 5.69 Å². The molecule has 0 atom stereocenters. The quantitative estimate of drug-likeness (QED) is 0.827. The SMILES string of the molecule is CCc1cccc(NC)c1COc1ccc(O)cc1C1CC1. The summed E-state index contributed by atoms with van der Waals surface area (Å²) in [5, 5.41) is 12.9. The van der Waals surface area contributed by atoms with Gasteiger partial charge in [0.1, 0.15) is 18.1 Å². The number of anilines is 1. The zero-order valence-electron chi connectivity index (χ0n) is 13.2. The predicted octanol–water partition coefficient (Wildman–Crippen LogP) is 4.45. The molecule has 0 amide bonds. The molecule has 1 aliphatic rings. The van der Waals surface area contributed by atoms with Crippen LogP contribution in [0, 0.1) is 0 Å². The van der Waals surface area contributed by atoms with Crippen molar-refractivity contribution in [2.24, 2.45) is 0 Å². The second kappa shape index (κ2) is 6.30. The van der Waals surface area contributed by atoms with Gasteiger partial charge in [0.2, 0.25) is 0 Å². The van der Waals surface area contributed by atoms with Gasteiger partial charge in [-0.2, -0.15) is 0 Å². The minimum Gasteiger partial charge on any atom is -0.508 e. The molecule has 0 aliphatic heterocycles. The van der Waals surface area contributed by atoms with Crippen LogP contribution in [0.15, 0.2) is 36.4 Å². The average molecular weight is 297 g/mol. The number of hydrogen-bond donors (Lipinski definition) is 2. The molecule has 1 fully saturated rings. The number of rotatable bonds is 6. The molecule has 2 aromatic rings. The first-order valence-electron chi connectivity index (χ1n) is 7.97. The van der Waals surface area contributed by atoms with E-state index < -0.39 is 0 Å². The molecule has 22 heavy (non-hydrogen) atoms. The normalized spacial score (nSPS) is 13.9. The number of ether oxygens (including phenoxy) is 1. The van der Waals surface area contributed by atoms with Crippen LogP contribution >= 0.6 is 0 Å². The van der Waals surface area contributed by atoms with Crippen molar-refractivity contribution in [3.05, 3.63) is 53.1 Å². The summed E-state index contributed by atoms with van der Waals surface area (Å²) in [7, 11) is 1.94. The van der Waals surface area contributed by atoms with Crippen LogP contribution in [-0.4, -0.2) is 12.2 Å². The molecule has 2 N–H and O–H groups in total. The van der Waals surface area contributed by atoms with Crippen molar-refractivity contribution in [1.29, 1.82) is 0 Å². The highest BCUT2D eigenvalue weighted by Gasteiger charge is 2.27. The minimum absolute atomic E-state index is 0.319. The van der Waals surface area contributed by atoms with Crippen LogP contribution in [0.5, 0.6) is 11.5 Å². The van der Waals surface area contributed by atoms with Gasteiger partial charge in [-0.05, 0) is 55.0 Å². The molecule has 0 aromatic heterocycles. The average Bonchev–Trinajstić information content (AvgIpc) is 3.38. The largest absolute Gasteiger partial charge is 0.508 e. The van der Waals surface area contributed by atoms with Gasteiger partial charge in [-0.25, -0.2) is 0 Å². The van der Waals surface area contributed by atoms with Gasteiger partial charge in [0.05, 0.1) is 0 Å². The van der Waals surface area contributed by atoms with Gasteiger partial charge in [-0.1, -0.05) is 19.1 Å². The lowest BCUT2D eigenvalue weighted by atomic mass is 10.0. The molecular weight excluding hydrogens is 274 g/mol. The van der Waals surface area contributed by atoms with Crippen LogP contribution < -0.4 is 10.1 Å². The van der Waals surface area contributed by atoms with Crippen LogP contribution in [0.2, 0.25) is 0 Å². The molecule has 0 unspecified atom stereocenters. The number of aromatic hydroxyl groups is 1. The fourth-order valence-electron chi connectivity index (χ4n) is 2.90. The molecule has 0 bridgehead atoms. The molecule has 3 heteroatoms.